The number of hydrogen-bond donors (Lipinski definition) is 1. The molecular formula is C18H16FNO4S3. The zero-order valence-electron chi connectivity index (χ0n) is 14.4. The molecule has 2 aromatic carbocycles. The van der Waals surface area contributed by atoms with E-state index in [9.17, 15) is 21.2 Å². The number of rotatable bonds is 5. The third-order valence-electron chi connectivity index (χ3n) is 3.72. The van der Waals surface area contributed by atoms with Crippen molar-refractivity contribution in [1.82, 2.24) is 0 Å². The van der Waals surface area contributed by atoms with Gasteiger partial charge in [0.1, 0.15) is 10.8 Å². The van der Waals surface area contributed by atoms with E-state index in [0.29, 0.717) is 5.00 Å². The number of benzene rings is 2. The third-order valence-corrected chi connectivity index (χ3v) is 6.67. The van der Waals surface area contributed by atoms with Crippen LogP contribution in [0.15, 0.2) is 59.5 Å². The van der Waals surface area contributed by atoms with Crippen LogP contribution in [0.5, 0.6) is 0 Å². The second kappa shape index (κ2) is 7.06. The monoisotopic (exact) mass is 425 g/mol. The maximum absolute atomic E-state index is 13.3. The Morgan fingerprint density at radius 1 is 0.852 bits per heavy atom. The van der Waals surface area contributed by atoms with Crippen molar-refractivity contribution in [2.75, 3.05) is 17.2 Å². The van der Waals surface area contributed by atoms with E-state index >= 15 is 0 Å². The van der Waals surface area contributed by atoms with Crippen molar-refractivity contribution in [3.05, 3.63) is 60.4 Å². The van der Waals surface area contributed by atoms with Crippen LogP contribution in [0.1, 0.15) is 0 Å². The fraction of sp³-hybridized carbons (Fsp3) is 0.111. The summed E-state index contributed by atoms with van der Waals surface area (Å²) in [6, 6.07) is 13.9. The Morgan fingerprint density at radius 2 is 1.41 bits per heavy atom. The number of thiophene rings is 1. The van der Waals surface area contributed by atoms with Crippen LogP contribution in [-0.4, -0.2) is 29.3 Å². The van der Waals surface area contributed by atoms with Crippen LogP contribution in [-0.2, 0) is 19.9 Å². The summed E-state index contributed by atoms with van der Waals surface area (Å²) >= 11 is 1.22. The molecule has 0 radical (unpaired) electrons. The summed E-state index contributed by atoms with van der Waals surface area (Å²) in [6.07, 6.45) is 2.19. The largest absolute Gasteiger partial charge is 0.275 e. The average Bonchev–Trinajstić information content (AvgIpc) is 2.96. The van der Waals surface area contributed by atoms with Crippen molar-refractivity contribution in [2.24, 2.45) is 0 Å². The summed E-state index contributed by atoms with van der Waals surface area (Å²) in [5.41, 5.74) is 2.17. The summed E-state index contributed by atoms with van der Waals surface area (Å²) in [6.45, 7) is 0. The Kier molecular flexibility index (Phi) is 5.11. The normalized spacial score (nSPS) is 12.1. The molecule has 3 rings (SSSR count). The van der Waals surface area contributed by atoms with Crippen LogP contribution in [0, 0.1) is 5.82 Å². The summed E-state index contributed by atoms with van der Waals surface area (Å²) in [5, 5.41) is 0.416. The molecule has 0 aliphatic heterocycles. The molecule has 3 aromatic rings. The van der Waals surface area contributed by atoms with E-state index in [4.69, 9.17) is 0 Å². The number of sulfonamides is 1. The first-order valence-corrected chi connectivity index (χ1v) is 12.3. The summed E-state index contributed by atoms with van der Waals surface area (Å²) in [4.78, 5) is 0.938. The molecule has 0 spiro atoms. The lowest BCUT2D eigenvalue weighted by atomic mass is 10.0. The smallest absolute Gasteiger partial charge is 0.230 e. The van der Waals surface area contributed by atoms with Gasteiger partial charge in [-0.25, -0.2) is 21.2 Å². The second-order valence-electron chi connectivity index (χ2n) is 6.03. The van der Waals surface area contributed by atoms with Gasteiger partial charge in [-0.05, 0) is 41.5 Å². The minimum absolute atomic E-state index is 0.194. The van der Waals surface area contributed by atoms with E-state index in [1.54, 1.807) is 30.3 Å². The Hall–Kier alpha value is -2.23. The number of hydrogen-bond acceptors (Lipinski definition) is 5. The van der Waals surface area contributed by atoms with E-state index in [1.807, 2.05) is 0 Å². The lowest BCUT2D eigenvalue weighted by Crippen LogP contribution is -2.07. The number of sulfone groups is 1. The minimum Gasteiger partial charge on any atom is -0.275 e. The third kappa shape index (κ3) is 4.74. The molecule has 0 amide bonds. The van der Waals surface area contributed by atoms with Crippen molar-refractivity contribution < 1.29 is 21.2 Å². The molecule has 0 atom stereocenters. The maximum Gasteiger partial charge on any atom is 0.230 e. The van der Waals surface area contributed by atoms with E-state index in [2.05, 4.69) is 4.72 Å². The molecular weight excluding hydrogens is 409 g/mol. The molecule has 0 fully saturated rings. The quantitative estimate of drug-likeness (QED) is 0.670. The SMILES string of the molecule is CS(=O)(=O)Nc1cc(-c2ccc(S(C)(=O)=O)cc2)c(-c2ccc(F)cc2)s1. The van der Waals surface area contributed by atoms with Crippen LogP contribution in [0.25, 0.3) is 21.6 Å². The zero-order valence-corrected chi connectivity index (χ0v) is 16.9. The number of halogens is 1. The number of anilines is 1. The van der Waals surface area contributed by atoms with Gasteiger partial charge in [-0.1, -0.05) is 24.3 Å². The molecule has 1 heterocycles. The van der Waals surface area contributed by atoms with Gasteiger partial charge in [0.25, 0.3) is 0 Å². The lowest BCUT2D eigenvalue weighted by Gasteiger charge is -2.05. The fourth-order valence-electron chi connectivity index (χ4n) is 2.54. The Balaban J connectivity index is 2.13. The molecule has 0 saturated heterocycles. The predicted octanol–water partition coefficient (Wildman–Crippen LogP) is 4.00. The van der Waals surface area contributed by atoms with Gasteiger partial charge < -0.3 is 0 Å². The van der Waals surface area contributed by atoms with Crippen LogP contribution in [0.3, 0.4) is 0 Å². The van der Waals surface area contributed by atoms with Crippen molar-refractivity contribution in [3.63, 3.8) is 0 Å². The van der Waals surface area contributed by atoms with Crippen LogP contribution < -0.4 is 4.72 Å². The van der Waals surface area contributed by atoms with Crippen molar-refractivity contribution in [1.29, 1.82) is 0 Å². The Labute approximate surface area is 161 Å². The van der Waals surface area contributed by atoms with Gasteiger partial charge in [0.15, 0.2) is 9.84 Å². The van der Waals surface area contributed by atoms with E-state index in [-0.39, 0.29) is 10.7 Å². The Bertz CT molecular complexity index is 1180. The highest BCUT2D eigenvalue weighted by molar-refractivity contribution is 7.92. The first-order chi connectivity index (χ1) is 12.5. The molecule has 0 bridgehead atoms. The average molecular weight is 426 g/mol. The van der Waals surface area contributed by atoms with Gasteiger partial charge in [0.05, 0.1) is 11.2 Å². The van der Waals surface area contributed by atoms with E-state index < -0.39 is 19.9 Å². The van der Waals surface area contributed by atoms with Crippen molar-refractivity contribution in [2.45, 2.75) is 4.90 Å². The van der Waals surface area contributed by atoms with Crippen LogP contribution in [0.4, 0.5) is 9.39 Å². The van der Waals surface area contributed by atoms with Crippen LogP contribution >= 0.6 is 11.3 Å². The van der Waals surface area contributed by atoms with Gasteiger partial charge >= 0.3 is 0 Å². The Morgan fingerprint density at radius 3 is 1.93 bits per heavy atom. The molecule has 0 aliphatic rings. The number of nitrogens with one attached hydrogen (secondary N) is 1. The molecule has 0 aliphatic carbocycles. The summed E-state index contributed by atoms with van der Waals surface area (Å²) in [7, 11) is -6.78. The first-order valence-electron chi connectivity index (χ1n) is 7.71. The molecule has 142 valence electrons. The molecule has 0 saturated carbocycles. The molecule has 9 heteroatoms. The topological polar surface area (TPSA) is 80.3 Å². The van der Waals surface area contributed by atoms with Gasteiger partial charge in [0.2, 0.25) is 10.0 Å². The molecule has 1 aromatic heterocycles. The minimum atomic E-state index is -3.46. The van der Waals surface area contributed by atoms with E-state index in [0.717, 1.165) is 34.1 Å². The predicted molar refractivity (Wildman–Crippen MR) is 107 cm³/mol. The summed E-state index contributed by atoms with van der Waals surface area (Å²) < 4.78 is 62.2. The van der Waals surface area contributed by atoms with E-state index in [1.165, 1.54) is 35.6 Å². The molecule has 5 nitrogen and oxygen atoms in total. The first kappa shape index (κ1) is 19.5. The van der Waals surface area contributed by atoms with Crippen LogP contribution in [0.2, 0.25) is 0 Å². The van der Waals surface area contributed by atoms with Crippen molar-refractivity contribution in [3.8, 4) is 21.6 Å². The zero-order chi connectivity index (χ0) is 19.8. The molecule has 0 unspecified atom stereocenters. The van der Waals surface area contributed by atoms with Gasteiger partial charge in [-0.3, -0.25) is 4.72 Å². The fourth-order valence-corrected chi connectivity index (χ4v) is 5.15. The lowest BCUT2D eigenvalue weighted by molar-refractivity contribution is 0.601. The van der Waals surface area contributed by atoms with Gasteiger partial charge in [-0.15, -0.1) is 11.3 Å². The standard InChI is InChI=1S/C18H16FNO4S3/c1-26(21,22)15-9-5-12(6-10-15)16-11-17(20-27(2,23)24)25-18(16)13-3-7-14(19)8-4-13/h3-11,20H,1-2H3. The highest BCUT2D eigenvalue weighted by Gasteiger charge is 2.16. The van der Waals surface area contributed by atoms with Gasteiger partial charge in [0, 0.05) is 16.7 Å². The highest BCUT2D eigenvalue weighted by atomic mass is 32.2. The van der Waals surface area contributed by atoms with Gasteiger partial charge in [-0.2, -0.15) is 0 Å². The summed E-state index contributed by atoms with van der Waals surface area (Å²) in [5.74, 6) is -0.371. The maximum atomic E-state index is 13.3. The highest BCUT2D eigenvalue weighted by Crippen LogP contribution is 2.42. The molecule has 1 N–H and O–H groups in total. The second-order valence-corrected chi connectivity index (χ2v) is 10.8. The van der Waals surface area contributed by atoms with Crippen molar-refractivity contribution >= 4 is 36.2 Å². The molecule has 27 heavy (non-hydrogen) atoms.